The van der Waals surface area contributed by atoms with Gasteiger partial charge in [-0.2, -0.15) is 0 Å². The molecule has 0 aliphatic heterocycles. The second-order valence-corrected chi connectivity index (χ2v) is 10.7. The molecule has 2 aromatic heterocycles. The highest BCUT2D eigenvalue weighted by atomic mass is 32.2. The van der Waals surface area contributed by atoms with Crippen LogP contribution in [0.15, 0.2) is 35.5 Å². The van der Waals surface area contributed by atoms with Gasteiger partial charge in [0.2, 0.25) is 5.91 Å². The summed E-state index contributed by atoms with van der Waals surface area (Å²) >= 11 is 1.56. The van der Waals surface area contributed by atoms with Gasteiger partial charge in [-0.15, -0.1) is 5.10 Å². The molecular weight excluding hydrogens is 478 g/mol. The van der Waals surface area contributed by atoms with Gasteiger partial charge >= 0.3 is 0 Å². The van der Waals surface area contributed by atoms with Crippen molar-refractivity contribution in [3.63, 3.8) is 0 Å². The van der Waals surface area contributed by atoms with Gasteiger partial charge < -0.3 is 20.8 Å². The van der Waals surface area contributed by atoms with E-state index >= 15 is 0 Å². The van der Waals surface area contributed by atoms with Gasteiger partial charge in [-0.25, -0.2) is 14.6 Å². The number of aromatic nitrogens is 5. The third-order valence-electron chi connectivity index (χ3n) is 6.93. The number of nitrogens with zero attached hydrogens (tertiary/aromatic N) is 5. The van der Waals surface area contributed by atoms with E-state index in [1.807, 2.05) is 13.0 Å². The topological polar surface area (TPSA) is 138 Å². The predicted octanol–water partition coefficient (Wildman–Crippen LogP) is 2.50. The molecule has 4 N–H and O–H groups in total. The number of rotatable bonds is 10. The average Bonchev–Trinajstić information content (AvgIpc) is 3.44. The molecule has 2 aliphatic rings. The highest BCUT2D eigenvalue weighted by Gasteiger charge is 2.47. The Morgan fingerprint density at radius 2 is 1.92 bits per heavy atom. The van der Waals surface area contributed by atoms with Crippen molar-refractivity contribution in [3.05, 3.63) is 35.9 Å². The second-order valence-electron chi connectivity index (χ2n) is 9.59. The van der Waals surface area contributed by atoms with Crippen molar-refractivity contribution in [1.82, 2.24) is 30.3 Å². The van der Waals surface area contributed by atoms with Crippen molar-refractivity contribution >= 4 is 34.7 Å². The number of fused-ring (bicyclic) bond motifs is 1. The second kappa shape index (κ2) is 10.7. The van der Waals surface area contributed by atoms with Crippen molar-refractivity contribution in [1.29, 1.82) is 0 Å². The van der Waals surface area contributed by atoms with Crippen LogP contribution in [0.3, 0.4) is 0 Å². The van der Waals surface area contributed by atoms with E-state index in [-0.39, 0.29) is 18.4 Å². The Bertz CT molecular complexity index is 1210. The third-order valence-corrected chi connectivity index (χ3v) is 7.98. The Morgan fingerprint density at radius 1 is 1.11 bits per heavy atom. The first-order valence-electron chi connectivity index (χ1n) is 12.7. The van der Waals surface area contributed by atoms with Gasteiger partial charge in [-0.3, -0.25) is 4.79 Å². The van der Waals surface area contributed by atoms with Gasteiger partial charge in [-0.1, -0.05) is 61.2 Å². The zero-order valence-electron chi connectivity index (χ0n) is 20.5. The number of thioether (sulfide) groups is 1. The number of hydrogen-bond acceptors (Lipinski definition) is 9. The molecule has 1 aromatic carbocycles. The first-order chi connectivity index (χ1) is 17.5. The van der Waals surface area contributed by atoms with Crippen LogP contribution in [0.4, 0.5) is 5.82 Å². The monoisotopic (exact) mass is 511 g/mol. The number of nitrogens with one attached hydrogen (secondary N) is 2. The maximum absolute atomic E-state index is 12.6. The molecule has 0 bridgehead atoms. The summed E-state index contributed by atoms with van der Waals surface area (Å²) in [6, 6.07) is 10.0. The lowest BCUT2D eigenvalue weighted by molar-refractivity contribution is -0.128. The normalized spacial score (nSPS) is 27.3. The van der Waals surface area contributed by atoms with Gasteiger partial charge in [0.25, 0.3) is 0 Å². The first kappa shape index (κ1) is 24.9. The summed E-state index contributed by atoms with van der Waals surface area (Å²) in [7, 11) is 0. The number of aliphatic hydroxyl groups is 2. The molecule has 5 rings (SSSR count). The molecular formula is C25H33N7O3S. The number of hydrogen-bond donors (Lipinski definition) is 4. The summed E-state index contributed by atoms with van der Waals surface area (Å²) in [6.07, 6.45) is 0.690. The standard InChI is InChI=1S/C25H33N7O3S/c1-3-10-26-24(35)16-13-18(21(34)20(16)33)32-23-19(30-31-32)22(28-25(29-23)36-11-4-2)27-17-12-15(17)14-8-6-5-7-9-14/h5-9,15-18,20-21,33-34H,3-4,10-13H2,1-2H3,(H,26,35)(H,27,28,29)/t15?,16-,17?,18+,20+,21-/m1/s1. The van der Waals surface area contributed by atoms with Crippen LogP contribution in [0.1, 0.15) is 57.1 Å². The number of amides is 1. The SMILES string of the molecule is CCCNC(=O)[C@@H]1C[C@H](n2nnc3c(NC4CC4c4ccccc4)nc(SCCC)nc32)[C@@H](O)[C@H]1O. The maximum Gasteiger partial charge on any atom is 0.225 e. The zero-order chi connectivity index (χ0) is 25.2. The summed E-state index contributed by atoms with van der Waals surface area (Å²) in [6.45, 7) is 4.60. The molecule has 192 valence electrons. The average molecular weight is 512 g/mol. The summed E-state index contributed by atoms with van der Waals surface area (Å²) in [4.78, 5) is 22.0. The van der Waals surface area contributed by atoms with Crippen LogP contribution in [-0.2, 0) is 4.79 Å². The first-order valence-corrected chi connectivity index (χ1v) is 13.7. The van der Waals surface area contributed by atoms with Gasteiger partial charge in [0.1, 0.15) is 6.10 Å². The molecule has 2 saturated carbocycles. The number of aliphatic hydroxyl groups excluding tert-OH is 2. The van der Waals surface area contributed by atoms with Gasteiger partial charge in [-0.05, 0) is 31.2 Å². The van der Waals surface area contributed by atoms with Crippen LogP contribution in [0.2, 0.25) is 0 Å². The maximum atomic E-state index is 12.6. The Hall–Kier alpha value is -2.76. The minimum Gasteiger partial charge on any atom is -0.390 e. The summed E-state index contributed by atoms with van der Waals surface area (Å²) in [5.41, 5.74) is 2.31. The summed E-state index contributed by atoms with van der Waals surface area (Å²) in [5.74, 6) is 0.924. The largest absolute Gasteiger partial charge is 0.390 e. The number of anilines is 1. The fraction of sp³-hybridized carbons (Fsp3) is 0.560. The van der Waals surface area contributed by atoms with Gasteiger partial charge in [0.15, 0.2) is 22.1 Å². The van der Waals surface area contributed by atoms with E-state index in [4.69, 9.17) is 9.97 Å². The fourth-order valence-corrected chi connectivity index (χ4v) is 5.57. The lowest BCUT2D eigenvalue weighted by atomic mass is 10.0. The van der Waals surface area contributed by atoms with E-state index in [9.17, 15) is 15.0 Å². The molecule has 3 aromatic rings. The number of carbonyl (C=O) groups is 1. The van der Waals surface area contributed by atoms with Crippen molar-refractivity contribution in [2.75, 3.05) is 17.6 Å². The Kier molecular flexibility index (Phi) is 7.40. The van der Waals surface area contributed by atoms with Crippen LogP contribution in [-0.4, -0.2) is 71.6 Å². The minimum atomic E-state index is -1.18. The zero-order valence-corrected chi connectivity index (χ0v) is 21.4. The molecule has 1 amide bonds. The molecule has 2 heterocycles. The molecule has 36 heavy (non-hydrogen) atoms. The van der Waals surface area contributed by atoms with E-state index in [0.29, 0.717) is 34.6 Å². The minimum absolute atomic E-state index is 0.241. The molecule has 2 fully saturated rings. The van der Waals surface area contributed by atoms with Crippen LogP contribution >= 0.6 is 11.8 Å². The molecule has 6 atom stereocenters. The van der Waals surface area contributed by atoms with Crippen molar-refractivity contribution < 1.29 is 15.0 Å². The summed E-state index contributed by atoms with van der Waals surface area (Å²) < 4.78 is 1.56. The van der Waals surface area contributed by atoms with E-state index in [2.05, 4.69) is 52.1 Å². The molecule has 2 unspecified atom stereocenters. The van der Waals surface area contributed by atoms with Gasteiger partial charge in [0.05, 0.1) is 18.1 Å². The highest BCUT2D eigenvalue weighted by molar-refractivity contribution is 7.99. The van der Waals surface area contributed by atoms with Crippen LogP contribution in [0.5, 0.6) is 0 Å². The van der Waals surface area contributed by atoms with Crippen LogP contribution in [0.25, 0.3) is 11.2 Å². The van der Waals surface area contributed by atoms with Crippen molar-refractivity contribution in [2.24, 2.45) is 5.92 Å². The smallest absolute Gasteiger partial charge is 0.225 e. The lowest BCUT2D eigenvalue weighted by Gasteiger charge is -2.17. The molecule has 0 spiro atoms. The Labute approximate surface area is 214 Å². The number of carbonyl (C=O) groups excluding carboxylic acids is 1. The van der Waals surface area contributed by atoms with E-state index in [1.165, 1.54) is 5.56 Å². The Morgan fingerprint density at radius 3 is 2.67 bits per heavy atom. The van der Waals surface area contributed by atoms with Crippen LogP contribution in [0, 0.1) is 5.92 Å². The van der Waals surface area contributed by atoms with Crippen LogP contribution < -0.4 is 10.6 Å². The lowest BCUT2D eigenvalue weighted by Crippen LogP contribution is -2.38. The summed E-state index contributed by atoms with van der Waals surface area (Å²) in [5, 5.41) is 37.1. The molecule has 10 nitrogen and oxygen atoms in total. The molecule has 0 saturated heterocycles. The third kappa shape index (κ3) is 4.91. The quantitative estimate of drug-likeness (QED) is 0.239. The van der Waals surface area contributed by atoms with Crippen molar-refractivity contribution in [3.8, 4) is 0 Å². The van der Waals surface area contributed by atoms with E-state index in [1.54, 1.807) is 16.4 Å². The Balaban J connectivity index is 1.43. The van der Waals surface area contributed by atoms with E-state index in [0.717, 1.165) is 25.0 Å². The van der Waals surface area contributed by atoms with Gasteiger partial charge in [0, 0.05) is 24.3 Å². The van der Waals surface area contributed by atoms with E-state index < -0.39 is 24.2 Å². The molecule has 11 heteroatoms. The molecule has 0 radical (unpaired) electrons. The number of benzene rings is 1. The fourth-order valence-electron chi connectivity index (χ4n) is 4.88. The predicted molar refractivity (Wildman–Crippen MR) is 138 cm³/mol. The highest BCUT2D eigenvalue weighted by Crippen LogP contribution is 2.43. The molecule has 2 aliphatic carbocycles. The van der Waals surface area contributed by atoms with Crippen molar-refractivity contribution in [2.45, 2.75) is 74.9 Å².